The number of sulfonamides is 1. The molecule has 0 unspecified atom stereocenters. The summed E-state index contributed by atoms with van der Waals surface area (Å²) in [6.45, 7) is 5.95. The first kappa shape index (κ1) is 23.9. The Hall–Kier alpha value is -4.28. The van der Waals surface area contributed by atoms with Crippen molar-refractivity contribution in [2.45, 2.75) is 11.9 Å². The van der Waals surface area contributed by atoms with E-state index in [-0.39, 0.29) is 16.5 Å². The van der Waals surface area contributed by atoms with Gasteiger partial charge in [-0.25, -0.2) is 28.5 Å². The van der Waals surface area contributed by atoms with Gasteiger partial charge >= 0.3 is 0 Å². The Bertz CT molecular complexity index is 1550. The number of anilines is 1. The van der Waals surface area contributed by atoms with Gasteiger partial charge in [0.15, 0.2) is 10.9 Å². The monoisotopic (exact) mass is 485 g/mol. The second-order valence-electron chi connectivity index (χ2n) is 7.41. The third-order valence-electron chi connectivity index (χ3n) is 4.99. The number of aliphatic imine (C=N–C) groups is 1. The number of hydrogen-bond donors (Lipinski definition) is 2. The van der Waals surface area contributed by atoms with Crippen molar-refractivity contribution in [1.29, 1.82) is 0 Å². The minimum atomic E-state index is -4.04. The standard InChI is InChI=1S/C25H23N7O2S/c1-3-9-18(28-4-2)14-29-25-23-19(17-10-6-5-7-11-17)12-8-13-20(23)31-24(32-25)21-15-27-16-22(30-21)35(26,33)34/h3-13,15-16H,2,14H2,1H3,(H2,26,33,34)(H,29,31,32)/b9-3-,28-18?. The lowest BCUT2D eigenvalue weighted by Crippen LogP contribution is -2.15. The molecular weight excluding hydrogens is 462 g/mol. The van der Waals surface area contributed by atoms with Gasteiger partial charge in [-0.1, -0.05) is 55.1 Å². The van der Waals surface area contributed by atoms with Crippen LogP contribution >= 0.6 is 0 Å². The predicted molar refractivity (Wildman–Crippen MR) is 138 cm³/mol. The Morgan fingerprint density at radius 2 is 1.89 bits per heavy atom. The highest BCUT2D eigenvalue weighted by molar-refractivity contribution is 7.89. The van der Waals surface area contributed by atoms with Crippen LogP contribution in [0.2, 0.25) is 0 Å². The zero-order valence-corrected chi connectivity index (χ0v) is 19.8. The van der Waals surface area contributed by atoms with Crippen molar-refractivity contribution in [1.82, 2.24) is 19.9 Å². The van der Waals surface area contributed by atoms with Gasteiger partial charge in [0.1, 0.15) is 11.5 Å². The molecule has 4 rings (SSSR count). The number of benzene rings is 2. The van der Waals surface area contributed by atoms with E-state index in [0.717, 1.165) is 28.4 Å². The topological polar surface area (TPSA) is 136 Å². The molecule has 176 valence electrons. The predicted octanol–water partition coefficient (Wildman–Crippen LogP) is 3.97. The summed E-state index contributed by atoms with van der Waals surface area (Å²) in [5.41, 5.74) is 3.52. The van der Waals surface area contributed by atoms with Gasteiger partial charge < -0.3 is 5.32 Å². The average molecular weight is 486 g/mol. The van der Waals surface area contributed by atoms with Gasteiger partial charge in [0.05, 0.1) is 35.6 Å². The van der Waals surface area contributed by atoms with E-state index in [2.05, 4.69) is 31.8 Å². The number of allylic oxidation sites excluding steroid dienone is 1. The molecule has 0 radical (unpaired) electrons. The lowest BCUT2D eigenvalue weighted by molar-refractivity contribution is 0.593. The lowest BCUT2D eigenvalue weighted by atomic mass is 10.0. The van der Waals surface area contributed by atoms with Gasteiger partial charge in [0, 0.05) is 6.20 Å². The minimum absolute atomic E-state index is 0.181. The normalized spacial score (nSPS) is 12.2. The van der Waals surface area contributed by atoms with Crippen LogP contribution in [0.3, 0.4) is 0 Å². The molecule has 0 aliphatic carbocycles. The first-order valence-electron chi connectivity index (χ1n) is 10.7. The van der Waals surface area contributed by atoms with Crippen molar-refractivity contribution < 1.29 is 8.42 Å². The molecule has 0 saturated carbocycles. The van der Waals surface area contributed by atoms with Crippen molar-refractivity contribution in [2.24, 2.45) is 10.1 Å². The van der Waals surface area contributed by atoms with Crippen LogP contribution in [0.25, 0.3) is 33.5 Å². The fourth-order valence-corrected chi connectivity index (χ4v) is 3.94. The summed E-state index contributed by atoms with van der Waals surface area (Å²) in [4.78, 5) is 21.8. The summed E-state index contributed by atoms with van der Waals surface area (Å²) in [5.74, 6) is 0.741. The van der Waals surface area contributed by atoms with Crippen molar-refractivity contribution in [3.8, 4) is 22.6 Å². The molecule has 9 nitrogen and oxygen atoms in total. The van der Waals surface area contributed by atoms with E-state index in [0.29, 0.717) is 17.9 Å². The van der Waals surface area contributed by atoms with Gasteiger partial charge in [-0.3, -0.25) is 9.98 Å². The molecule has 0 saturated heterocycles. The molecule has 0 atom stereocenters. The number of fused-ring (bicyclic) bond motifs is 1. The molecule has 0 aliphatic heterocycles. The largest absolute Gasteiger partial charge is 0.364 e. The molecular formula is C25H23N7O2S. The molecule has 2 heterocycles. The van der Waals surface area contributed by atoms with Crippen LogP contribution in [0, 0.1) is 0 Å². The third-order valence-corrected chi connectivity index (χ3v) is 5.77. The van der Waals surface area contributed by atoms with E-state index in [1.807, 2.05) is 67.6 Å². The molecule has 3 N–H and O–H groups in total. The highest BCUT2D eigenvalue weighted by atomic mass is 32.2. The van der Waals surface area contributed by atoms with E-state index >= 15 is 0 Å². The van der Waals surface area contributed by atoms with Crippen molar-refractivity contribution >= 4 is 32.5 Å². The Morgan fingerprint density at radius 3 is 2.60 bits per heavy atom. The van der Waals surface area contributed by atoms with E-state index in [1.165, 1.54) is 12.4 Å². The molecule has 0 fully saturated rings. The van der Waals surface area contributed by atoms with E-state index in [4.69, 9.17) is 10.1 Å². The molecule has 0 spiro atoms. The average Bonchev–Trinajstić information content (AvgIpc) is 2.87. The quantitative estimate of drug-likeness (QED) is 0.360. The summed E-state index contributed by atoms with van der Waals surface area (Å²) in [5, 5.41) is 9.03. The number of nitrogens with two attached hydrogens (primary N) is 1. The molecule has 2 aromatic carbocycles. The second kappa shape index (κ2) is 10.3. The van der Waals surface area contributed by atoms with Gasteiger partial charge in [-0.2, -0.15) is 0 Å². The summed E-state index contributed by atoms with van der Waals surface area (Å²) in [6.07, 6.45) is 7.71. The van der Waals surface area contributed by atoms with Crippen LogP contribution in [0.15, 0.2) is 95.9 Å². The van der Waals surface area contributed by atoms with Gasteiger partial charge in [-0.15, -0.1) is 0 Å². The lowest BCUT2D eigenvalue weighted by Gasteiger charge is -2.14. The SMILES string of the molecule is C=CN=C(/C=C\C)CNc1nc(-c2cncc(S(N)(=O)=O)n2)nc2cccc(-c3ccccc3)c12. The number of nitrogens with one attached hydrogen (secondary N) is 1. The Morgan fingerprint density at radius 1 is 1.09 bits per heavy atom. The number of hydrogen-bond acceptors (Lipinski definition) is 8. The van der Waals surface area contributed by atoms with Crippen LogP contribution in [-0.2, 0) is 10.0 Å². The molecule has 0 bridgehead atoms. The molecule has 35 heavy (non-hydrogen) atoms. The maximum Gasteiger partial charge on any atom is 0.257 e. The summed E-state index contributed by atoms with van der Waals surface area (Å²) >= 11 is 0. The van der Waals surface area contributed by atoms with Crippen LogP contribution in [0.1, 0.15) is 6.92 Å². The van der Waals surface area contributed by atoms with Gasteiger partial charge in [0.2, 0.25) is 0 Å². The van der Waals surface area contributed by atoms with E-state index in [9.17, 15) is 8.42 Å². The fraction of sp³-hybridized carbons (Fsp3) is 0.0800. The Labute approximate surface area is 203 Å². The molecule has 4 aromatic rings. The Kier molecular flexibility index (Phi) is 7.04. The first-order chi connectivity index (χ1) is 16.9. The molecule has 10 heteroatoms. The Balaban J connectivity index is 1.92. The van der Waals surface area contributed by atoms with Crippen molar-refractivity contribution in [2.75, 3.05) is 11.9 Å². The number of rotatable bonds is 8. The van der Waals surface area contributed by atoms with E-state index < -0.39 is 10.0 Å². The van der Waals surface area contributed by atoms with Crippen molar-refractivity contribution in [3.63, 3.8) is 0 Å². The highest BCUT2D eigenvalue weighted by Crippen LogP contribution is 2.33. The third kappa shape index (κ3) is 5.45. The van der Waals surface area contributed by atoms with Gasteiger partial charge in [0.25, 0.3) is 10.0 Å². The van der Waals surface area contributed by atoms with E-state index in [1.54, 1.807) is 0 Å². The number of nitrogens with zero attached hydrogens (tertiary/aromatic N) is 5. The summed E-state index contributed by atoms with van der Waals surface area (Å²) in [6, 6.07) is 15.7. The first-order valence-corrected chi connectivity index (χ1v) is 12.2. The van der Waals surface area contributed by atoms with Crippen LogP contribution < -0.4 is 10.5 Å². The van der Waals surface area contributed by atoms with Crippen LogP contribution in [0.5, 0.6) is 0 Å². The minimum Gasteiger partial charge on any atom is -0.364 e. The zero-order valence-electron chi connectivity index (χ0n) is 19.0. The maximum absolute atomic E-state index is 11.8. The fourth-order valence-electron chi connectivity index (χ4n) is 3.51. The number of aromatic nitrogens is 4. The number of primary sulfonamides is 1. The highest BCUT2D eigenvalue weighted by Gasteiger charge is 2.17. The zero-order chi connectivity index (χ0) is 24.8. The molecule has 2 aromatic heterocycles. The molecule has 0 aliphatic rings. The summed E-state index contributed by atoms with van der Waals surface area (Å²) < 4.78 is 23.6. The molecule has 0 amide bonds. The van der Waals surface area contributed by atoms with Crippen molar-refractivity contribution in [3.05, 3.63) is 85.9 Å². The van der Waals surface area contributed by atoms with Crippen LogP contribution in [-0.4, -0.2) is 40.6 Å². The summed E-state index contributed by atoms with van der Waals surface area (Å²) in [7, 11) is -4.04. The van der Waals surface area contributed by atoms with Gasteiger partial charge in [-0.05, 0) is 30.2 Å². The van der Waals surface area contributed by atoms with Crippen LogP contribution in [0.4, 0.5) is 5.82 Å². The maximum atomic E-state index is 11.8. The second-order valence-corrected chi connectivity index (χ2v) is 8.91. The smallest absolute Gasteiger partial charge is 0.257 e.